The zero-order chi connectivity index (χ0) is 24.2. The molecule has 0 heterocycles. The Balaban J connectivity index is 2.02. The Hall–Kier alpha value is -3.33. The third-order valence-electron chi connectivity index (χ3n) is 5.03. The van der Waals surface area contributed by atoms with Gasteiger partial charge in [0.15, 0.2) is 0 Å². The number of carbonyl (C=O) groups is 1. The van der Waals surface area contributed by atoms with Crippen molar-refractivity contribution < 1.29 is 26.4 Å². The summed E-state index contributed by atoms with van der Waals surface area (Å²) in [4.78, 5) is 12.7. The maximum Gasteiger partial charge on any atom is 0.416 e. The molecule has 0 aromatic heterocycles. The Morgan fingerprint density at radius 2 is 1.64 bits per heavy atom. The van der Waals surface area contributed by atoms with Gasteiger partial charge in [-0.3, -0.25) is 9.10 Å². The van der Waals surface area contributed by atoms with E-state index in [4.69, 9.17) is 0 Å². The summed E-state index contributed by atoms with van der Waals surface area (Å²) < 4.78 is 67.3. The Morgan fingerprint density at radius 3 is 2.27 bits per heavy atom. The molecule has 174 valence electrons. The van der Waals surface area contributed by atoms with Crippen LogP contribution in [0.2, 0.25) is 0 Å². The van der Waals surface area contributed by atoms with E-state index < -0.39 is 34.2 Å². The van der Waals surface area contributed by atoms with Crippen LogP contribution in [0.3, 0.4) is 0 Å². The molecule has 5 nitrogen and oxygen atoms in total. The molecule has 0 fully saturated rings. The number of rotatable bonds is 7. The number of para-hydroxylation sites is 1. The number of alkyl halides is 3. The second-order valence-electron chi connectivity index (χ2n) is 7.43. The number of benzene rings is 3. The molecule has 0 saturated heterocycles. The first-order chi connectivity index (χ1) is 15.5. The van der Waals surface area contributed by atoms with Crippen LogP contribution in [-0.2, 0) is 27.4 Å². The van der Waals surface area contributed by atoms with Crippen molar-refractivity contribution in [2.24, 2.45) is 0 Å². The molecular formula is C24H23F3N2O3S. The van der Waals surface area contributed by atoms with Gasteiger partial charge in [-0.05, 0) is 55.3 Å². The number of nitrogens with one attached hydrogen (secondary N) is 1. The van der Waals surface area contributed by atoms with E-state index in [1.165, 1.54) is 18.2 Å². The average Bonchev–Trinajstić information content (AvgIpc) is 2.77. The minimum atomic E-state index is -4.67. The van der Waals surface area contributed by atoms with E-state index in [1.807, 2.05) is 19.1 Å². The van der Waals surface area contributed by atoms with Gasteiger partial charge in [0.05, 0.1) is 16.1 Å². The van der Waals surface area contributed by atoms with Gasteiger partial charge in [0.25, 0.3) is 10.0 Å². The molecule has 9 heteroatoms. The Kier molecular flexibility index (Phi) is 7.12. The molecule has 1 N–H and O–H groups in total. The van der Waals surface area contributed by atoms with Gasteiger partial charge in [0, 0.05) is 5.69 Å². The number of halogens is 3. The predicted molar refractivity (Wildman–Crippen MR) is 122 cm³/mol. The number of amides is 1. The van der Waals surface area contributed by atoms with Crippen molar-refractivity contribution in [2.45, 2.75) is 31.3 Å². The number of anilines is 2. The molecule has 0 bridgehead atoms. The van der Waals surface area contributed by atoms with E-state index in [9.17, 15) is 26.4 Å². The summed E-state index contributed by atoms with van der Waals surface area (Å²) in [5, 5.41) is 2.67. The van der Waals surface area contributed by atoms with E-state index in [0.717, 1.165) is 29.3 Å². The number of hydrogen-bond donors (Lipinski definition) is 1. The van der Waals surface area contributed by atoms with Crippen LogP contribution < -0.4 is 9.62 Å². The van der Waals surface area contributed by atoms with Gasteiger partial charge in [-0.25, -0.2) is 8.42 Å². The van der Waals surface area contributed by atoms with Gasteiger partial charge < -0.3 is 5.32 Å². The van der Waals surface area contributed by atoms with Crippen molar-refractivity contribution in [1.82, 2.24) is 0 Å². The summed E-state index contributed by atoms with van der Waals surface area (Å²) in [6, 6.07) is 16.8. The van der Waals surface area contributed by atoms with Crippen molar-refractivity contribution in [3.63, 3.8) is 0 Å². The average molecular weight is 477 g/mol. The van der Waals surface area contributed by atoms with Crippen molar-refractivity contribution in [3.05, 3.63) is 89.5 Å². The lowest BCUT2D eigenvalue weighted by Gasteiger charge is -2.25. The fourth-order valence-corrected chi connectivity index (χ4v) is 4.67. The van der Waals surface area contributed by atoms with Crippen LogP contribution in [0.5, 0.6) is 0 Å². The normalized spacial score (nSPS) is 11.8. The molecule has 0 saturated carbocycles. The highest BCUT2D eigenvalue weighted by Gasteiger charge is 2.33. The molecule has 3 aromatic carbocycles. The molecule has 0 atom stereocenters. The Morgan fingerprint density at radius 1 is 0.970 bits per heavy atom. The first kappa shape index (κ1) is 24.3. The summed E-state index contributed by atoms with van der Waals surface area (Å²) in [6.07, 6.45) is -4.03. The number of aryl methyl sites for hydroxylation is 2. The predicted octanol–water partition coefficient (Wildman–Crippen LogP) is 5.41. The molecule has 3 rings (SSSR count). The molecule has 0 unspecified atom stereocenters. The summed E-state index contributed by atoms with van der Waals surface area (Å²) >= 11 is 0. The first-order valence-electron chi connectivity index (χ1n) is 10.2. The molecule has 33 heavy (non-hydrogen) atoms. The van der Waals surface area contributed by atoms with E-state index in [2.05, 4.69) is 5.32 Å². The van der Waals surface area contributed by atoms with Crippen molar-refractivity contribution in [3.8, 4) is 0 Å². The summed E-state index contributed by atoms with van der Waals surface area (Å²) in [6.45, 7) is 2.98. The second kappa shape index (κ2) is 9.66. The topological polar surface area (TPSA) is 66.5 Å². The standard InChI is InChI=1S/C24H23F3N2O3S/c1-3-18-7-4-5-10-22(18)28-23(30)16-29(20-9-6-8-19(15-20)24(25,26)27)33(31,32)21-13-11-17(2)12-14-21/h4-15H,3,16H2,1-2H3,(H,28,30). The van der Waals surface area contributed by atoms with Gasteiger partial charge in [-0.15, -0.1) is 0 Å². The first-order valence-corrected chi connectivity index (χ1v) is 11.6. The van der Waals surface area contributed by atoms with Crippen molar-refractivity contribution in [1.29, 1.82) is 0 Å². The zero-order valence-electron chi connectivity index (χ0n) is 18.1. The number of nitrogens with zero attached hydrogens (tertiary/aromatic N) is 1. The van der Waals surface area contributed by atoms with Crippen LogP contribution in [0.1, 0.15) is 23.6 Å². The maximum absolute atomic E-state index is 13.4. The molecule has 0 spiro atoms. The molecular weight excluding hydrogens is 453 g/mol. The van der Waals surface area contributed by atoms with Gasteiger partial charge in [-0.1, -0.05) is 48.9 Å². The van der Waals surface area contributed by atoms with E-state index in [-0.39, 0.29) is 10.6 Å². The highest BCUT2D eigenvalue weighted by atomic mass is 32.2. The molecule has 0 radical (unpaired) electrons. The lowest BCUT2D eigenvalue weighted by Crippen LogP contribution is -2.38. The molecule has 1 amide bonds. The maximum atomic E-state index is 13.4. The van der Waals surface area contributed by atoms with Crippen LogP contribution in [-0.4, -0.2) is 20.9 Å². The highest BCUT2D eigenvalue weighted by molar-refractivity contribution is 7.92. The van der Waals surface area contributed by atoms with Crippen LogP contribution in [0, 0.1) is 6.92 Å². The van der Waals surface area contributed by atoms with Gasteiger partial charge in [0.2, 0.25) is 5.91 Å². The van der Waals surface area contributed by atoms with E-state index >= 15 is 0 Å². The SMILES string of the molecule is CCc1ccccc1NC(=O)CN(c1cccc(C(F)(F)F)c1)S(=O)(=O)c1ccc(C)cc1. The third-order valence-corrected chi connectivity index (χ3v) is 6.82. The van der Waals surface area contributed by atoms with Crippen molar-refractivity contribution in [2.75, 3.05) is 16.2 Å². The fraction of sp³-hybridized carbons (Fsp3) is 0.208. The van der Waals surface area contributed by atoms with Gasteiger partial charge in [-0.2, -0.15) is 13.2 Å². The van der Waals surface area contributed by atoms with Gasteiger partial charge in [0.1, 0.15) is 6.54 Å². The Labute approximate surface area is 190 Å². The highest BCUT2D eigenvalue weighted by Crippen LogP contribution is 2.33. The van der Waals surface area contributed by atoms with Crippen LogP contribution >= 0.6 is 0 Å². The lowest BCUT2D eigenvalue weighted by molar-refractivity contribution is -0.137. The molecule has 0 aliphatic rings. The lowest BCUT2D eigenvalue weighted by atomic mass is 10.1. The minimum Gasteiger partial charge on any atom is -0.324 e. The summed E-state index contributed by atoms with van der Waals surface area (Å²) in [7, 11) is -4.33. The molecule has 0 aliphatic carbocycles. The third kappa shape index (κ3) is 5.73. The number of carbonyl (C=O) groups excluding carboxylic acids is 1. The molecule has 3 aromatic rings. The minimum absolute atomic E-state index is 0.132. The van der Waals surface area contributed by atoms with Crippen LogP contribution in [0.15, 0.2) is 77.7 Å². The zero-order valence-corrected chi connectivity index (χ0v) is 18.9. The molecule has 0 aliphatic heterocycles. The van der Waals surface area contributed by atoms with E-state index in [0.29, 0.717) is 16.4 Å². The largest absolute Gasteiger partial charge is 0.416 e. The van der Waals surface area contributed by atoms with Crippen LogP contribution in [0.25, 0.3) is 0 Å². The summed E-state index contributed by atoms with van der Waals surface area (Å²) in [5.41, 5.74) is 0.901. The monoisotopic (exact) mass is 476 g/mol. The van der Waals surface area contributed by atoms with Crippen LogP contribution in [0.4, 0.5) is 24.5 Å². The van der Waals surface area contributed by atoms with Crippen molar-refractivity contribution >= 4 is 27.3 Å². The summed E-state index contributed by atoms with van der Waals surface area (Å²) in [5.74, 6) is -0.677. The van der Waals surface area contributed by atoms with Gasteiger partial charge >= 0.3 is 6.18 Å². The Bertz CT molecular complexity index is 1240. The number of hydrogen-bond acceptors (Lipinski definition) is 3. The smallest absolute Gasteiger partial charge is 0.324 e. The quantitative estimate of drug-likeness (QED) is 0.496. The second-order valence-corrected chi connectivity index (χ2v) is 9.29. The number of sulfonamides is 1. The fourth-order valence-electron chi connectivity index (χ4n) is 3.26. The van der Waals surface area contributed by atoms with E-state index in [1.54, 1.807) is 31.2 Å².